The summed E-state index contributed by atoms with van der Waals surface area (Å²) in [5, 5.41) is 2.99. The highest BCUT2D eigenvalue weighted by Crippen LogP contribution is 2.32. The normalized spacial score (nSPS) is 11.1. The molecule has 0 aliphatic rings. The minimum Gasteiger partial charge on any atom is -0.353 e. The third-order valence-electron chi connectivity index (χ3n) is 3.38. The molecule has 11 heteroatoms. The molecule has 0 saturated carbocycles. The quantitative estimate of drug-likeness (QED) is 0.568. The van der Waals surface area contributed by atoms with Crippen molar-refractivity contribution < 1.29 is 22.4 Å². The van der Waals surface area contributed by atoms with Crippen LogP contribution in [0, 0.1) is 5.82 Å². The number of pyridine rings is 1. The van der Waals surface area contributed by atoms with Gasteiger partial charge in [0.15, 0.2) is 0 Å². The van der Waals surface area contributed by atoms with Crippen LogP contribution < -0.4 is 15.1 Å². The summed E-state index contributed by atoms with van der Waals surface area (Å²) in [5.41, 5.74) is 2.77. The molecule has 0 unspecified atom stereocenters. The number of sulfonamides is 1. The van der Waals surface area contributed by atoms with Crippen molar-refractivity contribution in [1.82, 2.24) is 10.5 Å². The molecular weight excluding hydrogens is 387 g/mol. The zero-order valence-corrected chi connectivity index (χ0v) is 15.7. The first-order valence-electron chi connectivity index (χ1n) is 7.13. The second kappa shape index (κ2) is 7.85. The van der Waals surface area contributed by atoms with Gasteiger partial charge in [-0.05, 0) is 18.2 Å². The zero-order chi connectivity index (χ0) is 19.5. The first kappa shape index (κ1) is 19.9. The van der Waals surface area contributed by atoms with Gasteiger partial charge in [0.05, 0.1) is 36.0 Å². The summed E-state index contributed by atoms with van der Waals surface area (Å²) in [4.78, 5) is 20.5. The van der Waals surface area contributed by atoms with Crippen molar-refractivity contribution in [3.8, 4) is 0 Å². The van der Waals surface area contributed by atoms with E-state index in [1.807, 2.05) is 0 Å². The Hall–Kier alpha value is -2.43. The zero-order valence-electron chi connectivity index (χ0n) is 14.1. The summed E-state index contributed by atoms with van der Waals surface area (Å²) in [7, 11) is -1.09. The number of amides is 1. The Kier molecular flexibility index (Phi) is 6.01. The third kappa shape index (κ3) is 4.59. The number of halogens is 2. The summed E-state index contributed by atoms with van der Waals surface area (Å²) in [5.74, 6) is -1.22. The highest BCUT2D eigenvalue weighted by atomic mass is 35.5. The van der Waals surface area contributed by atoms with Gasteiger partial charge in [0.2, 0.25) is 10.0 Å². The van der Waals surface area contributed by atoms with Crippen molar-refractivity contribution in [2.45, 2.75) is 0 Å². The number of rotatable bonds is 6. The van der Waals surface area contributed by atoms with E-state index in [9.17, 15) is 17.6 Å². The molecule has 2 aromatic rings. The van der Waals surface area contributed by atoms with Crippen molar-refractivity contribution >= 4 is 44.6 Å². The summed E-state index contributed by atoms with van der Waals surface area (Å²) in [6, 6.07) is 4.93. The summed E-state index contributed by atoms with van der Waals surface area (Å²) in [6.07, 6.45) is 2.21. The molecule has 140 valence electrons. The van der Waals surface area contributed by atoms with Crippen LogP contribution in [0.25, 0.3) is 0 Å². The molecule has 0 radical (unpaired) electrons. The molecular formula is C15H16ClFN4O4S. The number of hydrogen-bond donors (Lipinski definition) is 2. The Labute approximate surface area is 154 Å². The lowest BCUT2D eigenvalue weighted by molar-refractivity contribution is 0.0538. The van der Waals surface area contributed by atoms with E-state index in [1.54, 1.807) is 0 Å². The summed E-state index contributed by atoms with van der Waals surface area (Å²) in [6.45, 7) is 0. The highest BCUT2D eigenvalue weighted by Gasteiger charge is 2.19. The summed E-state index contributed by atoms with van der Waals surface area (Å²) < 4.78 is 38.2. The van der Waals surface area contributed by atoms with Gasteiger partial charge >= 0.3 is 0 Å². The molecule has 8 nitrogen and oxygen atoms in total. The van der Waals surface area contributed by atoms with Gasteiger partial charge in [0.25, 0.3) is 5.91 Å². The molecule has 0 atom stereocenters. The van der Waals surface area contributed by atoms with Crippen LogP contribution in [0.2, 0.25) is 5.15 Å². The number of hydrogen-bond acceptors (Lipinski definition) is 6. The summed E-state index contributed by atoms with van der Waals surface area (Å²) >= 11 is 5.88. The Balaban J connectivity index is 2.53. The molecule has 1 aromatic heterocycles. The average Bonchev–Trinajstić information content (AvgIpc) is 2.55. The minimum atomic E-state index is -3.64. The van der Waals surface area contributed by atoms with Crippen molar-refractivity contribution in [1.29, 1.82) is 0 Å². The van der Waals surface area contributed by atoms with E-state index in [0.29, 0.717) is 0 Å². The number of carbonyl (C=O) groups is 1. The van der Waals surface area contributed by atoms with Gasteiger partial charge in [-0.15, -0.1) is 0 Å². The number of nitrogens with one attached hydrogen (secondary N) is 2. The standard InChI is InChI=1S/C15H16ClFN4O4S/c1-21(26(3,23)24)13-6-9(17)4-5-11(13)19-12-7-14(16)18-8-10(12)15(22)20-25-2/h4-8H,1-3H3,(H,18,19)(H,20,22). The van der Waals surface area contributed by atoms with Gasteiger partial charge in [-0.3, -0.25) is 13.9 Å². The number of anilines is 3. The fourth-order valence-corrected chi connectivity index (χ4v) is 2.72. The maximum absolute atomic E-state index is 13.6. The Bertz CT molecular complexity index is 939. The molecule has 0 saturated heterocycles. The van der Waals surface area contributed by atoms with Crippen molar-refractivity contribution in [3.05, 3.63) is 47.0 Å². The predicted octanol–water partition coefficient (Wildman–Crippen LogP) is 2.30. The SMILES string of the molecule is CONC(=O)c1cnc(Cl)cc1Nc1ccc(F)cc1N(C)S(C)(=O)=O. The van der Waals surface area contributed by atoms with E-state index in [-0.39, 0.29) is 27.8 Å². The van der Waals surface area contributed by atoms with E-state index in [2.05, 4.69) is 20.6 Å². The molecule has 0 aliphatic heterocycles. The van der Waals surface area contributed by atoms with Crippen LogP contribution in [-0.4, -0.2) is 39.7 Å². The van der Waals surface area contributed by atoms with Crippen LogP contribution in [0.1, 0.15) is 10.4 Å². The van der Waals surface area contributed by atoms with Crippen LogP contribution in [0.4, 0.5) is 21.5 Å². The molecule has 0 fully saturated rings. The average molecular weight is 403 g/mol. The molecule has 2 rings (SSSR count). The fraction of sp³-hybridized carbons (Fsp3) is 0.200. The molecule has 1 amide bonds. The van der Waals surface area contributed by atoms with Crippen LogP contribution >= 0.6 is 11.6 Å². The van der Waals surface area contributed by atoms with E-state index in [4.69, 9.17) is 11.6 Å². The molecule has 0 spiro atoms. The predicted molar refractivity (Wildman–Crippen MR) is 96.7 cm³/mol. The Morgan fingerprint density at radius 3 is 2.62 bits per heavy atom. The fourth-order valence-electron chi connectivity index (χ4n) is 2.06. The van der Waals surface area contributed by atoms with Crippen LogP contribution in [0.3, 0.4) is 0 Å². The largest absolute Gasteiger partial charge is 0.353 e. The second-order valence-corrected chi connectivity index (χ2v) is 7.61. The monoisotopic (exact) mass is 402 g/mol. The van der Waals surface area contributed by atoms with Gasteiger partial charge in [-0.1, -0.05) is 11.6 Å². The first-order chi connectivity index (χ1) is 12.1. The van der Waals surface area contributed by atoms with Crippen LogP contribution in [0.5, 0.6) is 0 Å². The molecule has 0 bridgehead atoms. The topological polar surface area (TPSA) is 101 Å². The maximum Gasteiger partial charge on any atom is 0.278 e. The number of carbonyl (C=O) groups excluding carboxylic acids is 1. The van der Waals surface area contributed by atoms with Crippen molar-refractivity contribution in [3.63, 3.8) is 0 Å². The van der Waals surface area contributed by atoms with Crippen molar-refractivity contribution in [2.24, 2.45) is 0 Å². The van der Waals surface area contributed by atoms with Gasteiger partial charge in [0.1, 0.15) is 11.0 Å². The van der Waals surface area contributed by atoms with Crippen LogP contribution in [0.15, 0.2) is 30.5 Å². The van der Waals surface area contributed by atoms with E-state index < -0.39 is 21.7 Å². The second-order valence-electron chi connectivity index (χ2n) is 5.20. The van der Waals surface area contributed by atoms with Gasteiger partial charge in [-0.25, -0.2) is 23.3 Å². The Morgan fingerprint density at radius 2 is 2.00 bits per heavy atom. The van der Waals surface area contributed by atoms with Gasteiger partial charge in [0, 0.05) is 19.3 Å². The minimum absolute atomic E-state index is 0.0542. The van der Waals surface area contributed by atoms with Gasteiger partial charge in [-0.2, -0.15) is 0 Å². The molecule has 1 heterocycles. The molecule has 0 aliphatic carbocycles. The lowest BCUT2D eigenvalue weighted by atomic mass is 10.2. The molecule has 1 aromatic carbocycles. The lowest BCUT2D eigenvalue weighted by Crippen LogP contribution is -2.26. The third-order valence-corrected chi connectivity index (χ3v) is 4.77. The molecule has 2 N–H and O–H groups in total. The number of hydroxylamine groups is 1. The number of aromatic nitrogens is 1. The van der Waals surface area contributed by atoms with E-state index in [0.717, 1.165) is 22.7 Å². The van der Waals surface area contributed by atoms with E-state index >= 15 is 0 Å². The van der Waals surface area contributed by atoms with Gasteiger partial charge < -0.3 is 5.32 Å². The van der Waals surface area contributed by atoms with E-state index in [1.165, 1.54) is 32.5 Å². The van der Waals surface area contributed by atoms with Crippen molar-refractivity contribution in [2.75, 3.05) is 30.0 Å². The molecule has 26 heavy (non-hydrogen) atoms. The van der Waals surface area contributed by atoms with Crippen LogP contribution in [-0.2, 0) is 14.9 Å². The number of benzene rings is 1. The smallest absolute Gasteiger partial charge is 0.278 e. The Morgan fingerprint density at radius 1 is 1.31 bits per heavy atom. The highest BCUT2D eigenvalue weighted by molar-refractivity contribution is 7.92. The first-order valence-corrected chi connectivity index (χ1v) is 9.35. The number of nitrogens with zero attached hydrogens (tertiary/aromatic N) is 2. The maximum atomic E-state index is 13.6. The lowest BCUT2D eigenvalue weighted by Gasteiger charge is -2.21.